The minimum absolute atomic E-state index is 0.0635. The number of amides is 1. The smallest absolute Gasteiger partial charge is 0.332 e. The van der Waals surface area contributed by atoms with E-state index in [1.54, 1.807) is 27.7 Å². The maximum absolute atomic E-state index is 13.4. The molecule has 1 aromatic heterocycles. The highest BCUT2D eigenvalue weighted by atomic mass is 127. The maximum atomic E-state index is 13.4. The molecule has 0 saturated heterocycles. The van der Waals surface area contributed by atoms with Gasteiger partial charge in [-0.3, -0.25) is 9.59 Å². The number of aromatic nitrogens is 2. The zero-order valence-electron chi connectivity index (χ0n) is 20.8. The van der Waals surface area contributed by atoms with Crippen molar-refractivity contribution in [1.29, 1.82) is 0 Å². The zero-order valence-corrected chi connectivity index (χ0v) is 22.9. The summed E-state index contributed by atoms with van der Waals surface area (Å²) in [6.07, 6.45) is 0.431. The lowest BCUT2D eigenvalue weighted by atomic mass is 9.94. The molecule has 5 atom stereocenters. The molecule has 11 nitrogen and oxygen atoms in total. The van der Waals surface area contributed by atoms with Crippen molar-refractivity contribution in [2.75, 3.05) is 20.8 Å². The monoisotopic (exact) mass is 605 g/mol. The van der Waals surface area contributed by atoms with Gasteiger partial charge in [-0.05, 0) is 47.0 Å². The average Bonchev–Trinajstić information content (AvgIpc) is 3.24. The molecule has 0 aliphatic heterocycles. The highest BCUT2D eigenvalue weighted by Crippen LogP contribution is 2.45. The van der Waals surface area contributed by atoms with E-state index in [0.717, 1.165) is 0 Å². The van der Waals surface area contributed by atoms with Crippen molar-refractivity contribution in [3.63, 3.8) is 0 Å². The summed E-state index contributed by atoms with van der Waals surface area (Å²) in [5, 5.41) is 2.86. The Hall–Kier alpha value is -2.38. The molecule has 194 valence electrons. The highest BCUT2D eigenvalue weighted by molar-refractivity contribution is 14.1. The average molecular weight is 605 g/mol. The van der Waals surface area contributed by atoms with E-state index in [2.05, 4.69) is 37.9 Å². The van der Waals surface area contributed by atoms with E-state index in [1.807, 2.05) is 0 Å². The SMILES string of the molecule is CCOC(=O)[C@@]1(NC(=O)[C@@H]2C[C@@H](Oc3cc(OC)nc(OC)n3)C[C@H]2C(=O)OC(C)(C)C)C[C@H]1I. The van der Waals surface area contributed by atoms with Crippen molar-refractivity contribution in [3.05, 3.63) is 6.07 Å². The van der Waals surface area contributed by atoms with Crippen LogP contribution in [0.15, 0.2) is 6.07 Å². The van der Waals surface area contributed by atoms with Crippen LogP contribution in [0, 0.1) is 11.8 Å². The molecule has 1 aromatic rings. The fraction of sp³-hybridized carbons (Fsp3) is 0.696. The Morgan fingerprint density at radius 2 is 1.74 bits per heavy atom. The molecule has 1 N–H and O–H groups in total. The highest BCUT2D eigenvalue weighted by Gasteiger charge is 2.62. The second-order valence-electron chi connectivity index (χ2n) is 9.55. The third kappa shape index (κ3) is 6.44. The number of esters is 2. The van der Waals surface area contributed by atoms with Gasteiger partial charge in [0.2, 0.25) is 17.7 Å². The van der Waals surface area contributed by atoms with Crippen LogP contribution in [0.3, 0.4) is 0 Å². The van der Waals surface area contributed by atoms with Gasteiger partial charge in [-0.15, -0.1) is 0 Å². The second kappa shape index (κ2) is 10.7. The van der Waals surface area contributed by atoms with Crippen LogP contribution >= 0.6 is 22.6 Å². The summed E-state index contributed by atoms with van der Waals surface area (Å²) in [5.41, 5.74) is -1.79. The molecule has 35 heavy (non-hydrogen) atoms. The minimum atomic E-state index is -1.07. The molecule has 0 radical (unpaired) electrons. The van der Waals surface area contributed by atoms with Crippen LogP contribution in [0.2, 0.25) is 0 Å². The lowest BCUT2D eigenvalue weighted by Gasteiger charge is -2.25. The summed E-state index contributed by atoms with van der Waals surface area (Å²) in [5.74, 6) is -2.43. The van der Waals surface area contributed by atoms with Gasteiger partial charge in [0, 0.05) is 3.92 Å². The summed E-state index contributed by atoms with van der Waals surface area (Å²) in [6, 6.07) is 1.56. The number of hydrogen-bond donors (Lipinski definition) is 1. The number of carbonyl (C=O) groups excluding carboxylic acids is 3. The first-order chi connectivity index (χ1) is 16.4. The summed E-state index contributed by atoms with van der Waals surface area (Å²) >= 11 is 2.12. The van der Waals surface area contributed by atoms with Crippen LogP contribution < -0.4 is 19.5 Å². The molecular weight excluding hydrogens is 573 g/mol. The summed E-state index contributed by atoms with van der Waals surface area (Å²) in [4.78, 5) is 47.2. The molecule has 0 spiro atoms. The molecule has 3 rings (SSSR count). The van der Waals surface area contributed by atoms with Crippen LogP contribution in [0.25, 0.3) is 0 Å². The molecule has 12 heteroatoms. The Bertz CT molecular complexity index is 946. The van der Waals surface area contributed by atoms with Crippen molar-refractivity contribution in [2.45, 2.75) is 68.1 Å². The van der Waals surface area contributed by atoms with E-state index in [-0.39, 0.29) is 41.1 Å². The topological polar surface area (TPSA) is 135 Å². The van der Waals surface area contributed by atoms with Crippen molar-refractivity contribution < 1.29 is 38.1 Å². The summed E-state index contributed by atoms with van der Waals surface area (Å²) in [6.45, 7) is 7.23. The van der Waals surface area contributed by atoms with Gasteiger partial charge >= 0.3 is 17.9 Å². The molecular formula is C23H32IN3O8. The Morgan fingerprint density at radius 3 is 2.29 bits per heavy atom. The largest absolute Gasteiger partial charge is 0.481 e. The number of halogens is 1. The molecule has 0 aromatic carbocycles. The predicted molar refractivity (Wildman–Crippen MR) is 132 cm³/mol. The normalized spacial score (nSPS) is 27.5. The van der Waals surface area contributed by atoms with Crippen LogP contribution in [-0.4, -0.2) is 69.8 Å². The molecule has 2 aliphatic carbocycles. The van der Waals surface area contributed by atoms with E-state index in [9.17, 15) is 14.4 Å². The second-order valence-corrected chi connectivity index (χ2v) is 11.0. The third-order valence-corrected chi connectivity index (χ3v) is 7.27. The lowest BCUT2D eigenvalue weighted by molar-refractivity contribution is -0.163. The number of hydrogen-bond acceptors (Lipinski definition) is 10. The van der Waals surface area contributed by atoms with E-state index in [4.69, 9.17) is 23.7 Å². The first-order valence-corrected chi connectivity index (χ1v) is 12.7. The predicted octanol–water partition coefficient (Wildman–Crippen LogP) is 2.23. The third-order valence-electron chi connectivity index (χ3n) is 5.77. The fourth-order valence-electron chi connectivity index (χ4n) is 4.01. The Kier molecular flexibility index (Phi) is 8.32. The summed E-state index contributed by atoms with van der Waals surface area (Å²) in [7, 11) is 2.88. The molecule has 0 unspecified atom stereocenters. The number of ether oxygens (including phenoxy) is 5. The van der Waals surface area contributed by atoms with Gasteiger partial charge in [0.1, 0.15) is 11.7 Å². The van der Waals surface area contributed by atoms with Crippen LogP contribution in [0.1, 0.15) is 47.0 Å². The molecule has 2 fully saturated rings. The first kappa shape index (κ1) is 27.2. The van der Waals surface area contributed by atoms with Gasteiger partial charge in [0.25, 0.3) is 0 Å². The van der Waals surface area contributed by atoms with Gasteiger partial charge in [-0.2, -0.15) is 9.97 Å². The zero-order chi connectivity index (χ0) is 26.0. The van der Waals surface area contributed by atoms with Crippen molar-refractivity contribution in [2.24, 2.45) is 11.8 Å². The quantitative estimate of drug-likeness (QED) is 0.254. The van der Waals surface area contributed by atoms with E-state index in [1.165, 1.54) is 20.3 Å². The molecule has 1 amide bonds. The molecule has 2 saturated carbocycles. The number of alkyl halides is 1. The number of carbonyl (C=O) groups is 3. The van der Waals surface area contributed by atoms with Gasteiger partial charge in [0.05, 0.1) is 38.7 Å². The van der Waals surface area contributed by atoms with Crippen LogP contribution in [-0.2, 0) is 23.9 Å². The van der Waals surface area contributed by atoms with E-state index >= 15 is 0 Å². The fourth-order valence-corrected chi connectivity index (χ4v) is 5.12. The number of methoxy groups -OCH3 is 2. The van der Waals surface area contributed by atoms with Crippen LogP contribution in [0.5, 0.6) is 17.8 Å². The van der Waals surface area contributed by atoms with Crippen molar-refractivity contribution >= 4 is 40.4 Å². The standard InChI is InChI=1S/C23H32IN3O8/c1-7-33-20(30)23(11-15(23)24)27-18(28)13-8-12(9-14(13)19(29)35-22(2,3)4)34-17-10-16(31-5)25-21(26-17)32-6/h10,12-15H,7-9,11H2,1-6H3,(H,27,28)/t12-,13-,14-,15-,23-/m1/s1. The number of nitrogens with zero attached hydrogens (tertiary/aromatic N) is 2. The first-order valence-electron chi connectivity index (χ1n) is 11.4. The van der Waals surface area contributed by atoms with Crippen molar-refractivity contribution in [3.8, 4) is 17.8 Å². The van der Waals surface area contributed by atoms with E-state index in [0.29, 0.717) is 6.42 Å². The van der Waals surface area contributed by atoms with Gasteiger partial charge in [-0.25, -0.2) is 4.79 Å². The van der Waals surface area contributed by atoms with E-state index < -0.39 is 46.9 Å². The number of rotatable bonds is 9. The molecule has 1 heterocycles. The van der Waals surface area contributed by atoms with Crippen molar-refractivity contribution in [1.82, 2.24) is 15.3 Å². The Labute approximate surface area is 218 Å². The van der Waals surface area contributed by atoms with Gasteiger partial charge in [0.15, 0.2) is 5.54 Å². The molecule has 2 aliphatic rings. The maximum Gasteiger partial charge on any atom is 0.332 e. The van der Waals surface area contributed by atoms with Gasteiger partial charge in [-0.1, -0.05) is 22.6 Å². The van der Waals surface area contributed by atoms with Crippen LogP contribution in [0.4, 0.5) is 0 Å². The van der Waals surface area contributed by atoms with Gasteiger partial charge < -0.3 is 29.0 Å². The number of nitrogens with one attached hydrogen (secondary N) is 1. The lowest BCUT2D eigenvalue weighted by Crippen LogP contribution is -2.49. The molecule has 0 bridgehead atoms. The Balaban J connectivity index is 1.80. The minimum Gasteiger partial charge on any atom is -0.481 e. The summed E-state index contributed by atoms with van der Waals surface area (Å²) < 4.78 is 26.9. The Morgan fingerprint density at radius 1 is 1.11 bits per heavy atom.